The van der Waals surface area contributed by atoms with Crippen LogP contribution in [0.2, 0.25) is 0 Å². The van der Waals surface area contributed by atoms with Crippen LogP contribution in [0.15, 0.2) is 5.38 Å². The first-order valence-corrected chi connectivity index (χ1v) is 8.88. The van der Waals surface area contributed by atoms with Crippen molar-refractivity contribution < 1.29 is 14.3 Å². The molecule has 0 saturated heterocycles. The van der Waals surface area contributed by atoms with E-state index in [1.165, 1.54) is 18.4 Å². The van der Waals surface area contributed by atoms with E-state index in [1.807, 2.05) is 17.2 Å². The molecule has 23 heavy (non-hydrogen) atoms. The summed E-state index contributed by atoms with van der Waals surface area (Å²) in [6.07, 6.45) is 2.12. The second-order valence-corrected chi connectivity index (χ2v) is 6.83. The molecule has 128 valence electrons. The smallest absolute Gasteiger partial charge is 0.309 e. The van der Waals surface area contributed by atoms with Gasteiger partial charge >= 0.3 is 5.97 Å². The van der Waals surface area contributed by atoms with E-state index in [-0.39, 0.29) is 17.8 Å². The summed E-state index contributed by atoms with van der Waals surface area (Å²) >= 11 is 1.51. The van der Waals surface area contributed by atoms with Crippen molar-refractivity contribution in [1.29, 1.82) is 0 Å². The van der Waals surface area contributed by atoms with Crippen molar-refractivity contribution in [2.45, 2.75) is 46.2 Å². The third kappa shape index (κ3) is 4.75. The van der Waals surface area contributed by atoms with Crippen molar-refractivity contribution in [3.8, 4) is 0 Å². The molecule has 1 unspecified atom stereocenters. The van der Waals surface area contributed by atoms with Crippen LogP contribution >= 0.6 is 11.3 Å². The van der Waals surface area contributed by atoms with E-state index in [0.717, 1.165) is 30.2 Å². The van der Waals surface area contributed by atoms with Crippen LogP contribution in [-0.2, 0) is 20.9 Å². The SMILES string of the molecule is CCN(Cc1csc(N(C(C)=O)C2CC2)n1)CC(C)C(=O)OC. The van der Waals surface area contributed by atoms with Crippen LogP contribution < -0.4 is 4.90 Å². The summed E-state index contributed by atoms with van der Waals surface area (Å²) in [6, 6.07) is 0.327. The Morgan fingerprint density at radius 1 is 1.48 bits per heavy atom. The van der Waals surface area contributed by atoms with Gasteiger partial charge in [-0.05, 0) is 19.4 Å². The molecule has 2 rings (SSSR count). The van der Waals surface area contributed by atoms with Crippen LogP contribution in [-0.4, -0.2) is 48.0 Å². The van der Waals surface area contributed by atoms with Crippen LogP contribution in [0.5, 0.6) is 0 Å². The van der Waals surface area contributed by atoms with Gasteiger partial charge in [0.2, 0.25) is 5.91 Å². The Morgan fingerprint density at radius 2 is 2.17 bits per heavy atom. The second kappa shape index (κ2) is 7.88. The lowest BCUT2D eigenvalue weighted by molar-refractivity contribution is -0.145. The zero-order valence-electron chi connectivity index (χ0n) is 14.2. The van der Waals surface area contributed by atoms with E-state index in [9.17, 15) is 9.59 Å². The zero-order valence-corrected chi connectivity index (χ0v) is 15.1. The predicted octanol–water partition coefficient (Wildman–Crippen LogP) is 2.29. The molecule has 0 aromatic carbocycles. The van der Waals surface area contributed by atoms with Gasteiger partial charge in [-0.3, -0.25) is 19.4 Å². The number of methoxy groups -OCH3 is 1. The molecular weight excluding hydrogens is 314 g/mol. The fourth-order valence-electron chi connectivity index (χ4n) is 2.56. The molecule has 1 aliphatic rings. The lowest BCUT2D eigenvalue weighted by Gasteiger charge is -2.22. The van der Waals surface area contributed by atoms with Gasteiger partial charge in [0.25, 0.3) is 0 Å². The van der Waals surface area contributed by atoms with E-state index >= 15 is 0 Å². The maximum absolute atomic E-state index is 11.8. The van der Waals surface area contributed by atoms with Gasteiger partial charge < -0.3 is 4.74 Å². The third-order valence-electron chi connectivity index (χ3n) is 3.97. The summed E-state index contributed by atoms with van der Waals surface area (Å²) in [5.74, 6) is -0.308. The van der Waals surface area contributed by atoms with E-state index in [2.05, 4.69) is 16.8 Å². The lowest BCUT2D eigenvalue weighted by Crippen LogP contribution is -2.32. The summed E-state index contributed by atoms with van der Waals surface area (Å²) in [5.41, 5.74) is 0.941. The van der Waals surface area contributed by atoms with Gasteiger partial charge in [-0.2, -0.15) is 0 Å². The van der Waals surface area contributed by atoms with Crippen LogP contribution in [0.25, 0.3) is 0 Å². The van der Waals surface area contributed by atoms with Crippen molar-refractivity contribution >= 4 is 28.3 Å². The van der Waals surface area contributed by atoms with Gasteiger partial charge in [-0.1, -0.05) is 13.8 Å². The van der Waals surface area contributed by atoms with Crippen LogP contribution in [0.3, 0.4) is 0 Å². The Labute approximate surface area is 141 Å². The first-order chi connectivity index (χ1) is 11.0. The van der Waals surface area contributed by atoms with Crippen molar-refractivity contribution in [3.63, 3.8) is 0 Å². The molecule has 1 aromatic rings. The molecule has 1 saturated carbocycles. The first-order valence-electron chi connectivity index (χ1n) is 8.00. The monoisotopic (exact) mass is 339 g/mol. The van der Waals surface area contributed by atoms with Gasteiger partial charge in [0.15, 0.2) is 5.13 Å². The lowest BCUT2D eigenvalue weighted by atomic mass is 10.1. The molecule has 7 heteroatoms. The van der Waals surface area contributed by atoms with Crippen molar-refractivity contribution in [2.24, 2.45) is 5.92 Å². The van der Waals surface area contributed by atoms with Gasteiger partial charge in [0, 0.05) is 31.4 Å². The number of aromatic nitrogens is 1. The number of ether oxygens (including phenoxy) is 1. The van der Waals surface area contributed by atoms with Gasteiger partial charge in [-0.15, -0.1) is 11.3 Å². The highest BCUT2D eigenvalue weighted by Gasteiger charge is 2.33. The molecule has 0 radical (unpaired) electrons. The summed E-state index contributed by atoms with van der Waals surface area (Å²) in [5, 5.41) is 2.78. The molecule has 1 aromatic heterocycles. The molecular formula is C16H25N3O3S. The molecule has 1 amide bonds. The Bertz CT molecular complexity index is 557. The van der Waals surface area contributed by atoms with E-state index in [4.69, 9.17) is 4.74 Å². The maximum Gasteiger partial charge on any atom is 0.309 e. The predicted molar refractivity (Wildman–Crippen MR) is 90.4 cm³/mol. The summed E-state index contributed by atoms with van der Waals surface area (Å²) in [6.45, 7) is 7.65. The second-order valence-electron chi connectivity index (χ2n) is 5.99. The molecule has 1 heterocycles. The number of carbonyl (C=O) groups is 2. The number of amides is 1. The molecule has 1 atom stereocenters. The zero-order chi connectivity index (χ0) is 17.0. The standard InChI is InChI=1S/C16H25N3O3S/c1-5-18(8-11(2)15(21)22-4)9-13-10-23-16(17-13)19(12(3)20)14-6-7-14/h10-11,14H,5-9H2,1-4H3. The molecule has 6 nitrogen and oxygen atoms in total. The van der Waals surface area contributed by atoms with Crippen molar-refractivity contribution in [3.05, 3.63) is 11.1 Å². The largest absolute Gasteiger partial charge is 0.469 e. The molecule has 1 fully saturated rings. The summed E-state index contributed by atoms with van der Waals surface area (Å²) in [4.78, 5) is 31.9. The Kier molecular flexibility index (Phi) is 6.12. The van der Waals surface area contributed by atoms with Crippen LogP contribution in [0.4, 0.5) is 5.13 Å². The average molecular weight is 339 g/mol. The van der Waals surface area contributed by atoms with Crippen LogP contribution in [0.1, 0.15) is 39.3 Å². The quantitative estimate of drug-likeness (QED) is 0.680. The molecule has 0 N–H and O–H groups in total. The minimum Gasteiger partial charge on any atom is -0.469 e. The van der Waals surface area contributed by atoms with Crippen molar-refractivity contribution in [1.82, 2.24) is 9.88 Å². The number of esters is 1. The van der Waals surface area contributed by atoms with Crippen LogP contribution in [0, 0.1) is 5.92 Å². The highest BCUT2D eigenvalue weighted by Crippen LogP contribution is 2.33. The fraction of sp³-hybridized carbons (Fsp3) is 0.688. The molecule has 1 aliphatic carbocycles. The highest BCUT2D eigenvalue weighted by atomic mass is 32.1. The fourth-order valence-corrected chi connectivity index (χ4v) is 3.49. The Hall–Kier alpha value is -1.47. The van der Waals surface area contributed by atoms with Gasteiger partial charge in [-0.25, -0.2) is 4.98 Å². The molecule has 0 spiro atoms. The number of hydrogen-bond acceptors (Lipinski definition) is 6. The number of hydrogen-bond donors (Lipinski definition) is 0. The highest BCUT2D eigenvalue weighted by molar-refractivity contribution is 7.14. The summed E-state index contributed by atoms with van der Waals surface area (Å²) in [7, 11) is 1.41. The summed E-state index contributed by atoms with van der Waals surface area (Å²) < 4.78 is 4.78. The number of rotatable bonds is 8. The minimum atomic E-state index is -0.195. The topological polar surface area (TPSA) is 62.7 Å². The van der Waals surface area contributed by atoms with Crippen molar-refractivity contribution in [2.75, 3.05) is 25.1 Å². The van der Waals surface area contributed by atoms with Gasteiger partial charge in [0.05, 0.1) is 18.7 Å². The first kappa shape index (κ1) is 17.9. The number of thiazole rings is 1. The van der Waals surface area contributed by atoms with E-state index in [0.29, 0.717) is 19.1 Å². The molecule has 0 bridgehead atoms. The van der Waals surface area contributed by atoms with Gasteiger partial charge in [0.1, 0.15) is 0 Å². The number of nitrogens with zero attached hydrogens (tertiary/aromatic N) is 3. The number of anilines is 1. The Morgan fingerprint density at radius 3 is 2.70 bits per heavy atom. The van der Waals surface area contributed by atoms with E-state index in [1.54, 1.807) is 6.92 Å². The third-order valence-corrected chi connectivity index (χ3v) is 4.85. The van der Waals surface area contributed by atoms with E-state index < -0.39 is 0 Å². The number of carbonyl (C=O) groups excluding carboxylic acids is 2. The average Bonchev–Trinajstić information content (AvgIpc) is 3.24. The maximum atomic E-state index is 11.8. The molecule has 0 aliphatic heterocycles. The normalized spacial score (nSPS) is 15.5. The Balaban J connectivity index is 1.99. The minimum absolute atomic E-state index is 0.0556.